The number of nitriles is 1. The van der Waals surface area contributed by atoms with E-state index in [1.165, 1.54) is 13.0 Å². The highest BCUT2D eigenvalue weighted by atomic mass is 16.5. The van der Waals surface area contributed by atoms with Gasteiger partial charge in [0, 0.05) is 6.92 Å². The topological polar surface area (TPSA) is 87.4 Å². The summed E-state index contributed by atoms with van der Waals surface area (Å²) in [5.74, 6) is -1.47. The molecule has 0 aliphatic rings. The number of carboxylic acids is 1. The number of nitrogens with zero attached hydrogens (tertiary/aromatic N) is 1. The lowest BCUT2D eigenvalue weighted by Gasteiger charge is -1.89. The van der Waals surface area contributed by atoms with Crippen LogP contribution in [0.3, 0.4) is 0 Å². The van der Waals surface area contributed by atoms with Gasteiger partial charge in [0.15, 0.2) is 0 Å². The molecule has 1 N–H and O–H groups in total. The van der Waals surface area contributed by atoms with Gasteiger partial charge < -0.3 is 9.84 Å². The van der Waals surface area contributed by atoms with Crippen molar-refractivity contribution in [3.8, 4) is 6.07 Å². The summed E-state index contributed by atoms with van der Waals surface area (Å²) in [7, 11) is 0. The van der Waals surface area contributed by atoms with Crippen LogP contribution in [0.15, 0.2) is 12.2 Å². The fourth-order valence-electron chi connectivity index (χ4n) is 0.251. The zero-order chi connectivity index (χ0) is 10.9. The molecule has 5 heteroatoms. The molecular weight excluding hydrogens is 174 g/mol. The molecule has 0 radical (unpaired) electrons. The fraction of sp³-hybridized carbons (Fsp3) is 0.375. The molecule has 0 rings (SSSR count). The van der Waals surface area contributed by atoms with Crippen LogP contribution in [0.5, 0.6) is 0 Å². The molecule has 0 fully saturated rings. The van der Waals surface area contributed by atoms with Crippen LogP contribution in [-0.4, -0.2) is 23.7 Å². The van der Waals surface area contributed by atoms with Crippen LogP contribution in [0.25, 0.3) is 0 Å². The van der Waals surface area contributed by atoms with Crippen molar-refractivity contribution in [1.82, 2.24) is 0 Å². The van der Waals surface area contributed by atoms with E-state index >= 15 is 0 Å². The van der Waals surface area contributed by atoms with Crippen LogP contribution in [0, 0.1) is 11.3 Å². The Morgan fingerprint density at radius 3 is 2.08 bits per heavy atom. The quantitative estimate of drug-likeness (QED) is 0.389. The van der Waals surface area contributed by atoms with Crippen LogP contribution in [0.2, 0.25) is 0 Å². The second kappa shape index (κ2) is 8.27. The molecule has 0 amide bonds. The van der Waals surface area contributed by atoms with Crippen molar-refractivity contribution in [3.63, 3.8) is 0 Å². The molecule has 13 heavy (non-hydrogen) atoms. The van der Waals surface area contributed by atoms with Gasteiger partial charge in [0.1, 0.15) is 11.6 Å². The van der Waals surface area contributed by atoms with Crippen molar-refractivity contribution >= 4 is 11.9 Å². The number of ether oxygens (including phenoxy) is 1. The summed E-state index contributed by atoms with van der Waals surface area (Å²) in [6.07, 6.45) is 0. The molecule has 0 aromatic carbocycles. The van der Waals surface area contributed by atoms with Gasteiger partial charge in [-0.05, 0) is 6.92 Å². The standard InChI is InChI=1S/C4H3NO2.C4H8O2/c1-3(2-5)4(6)7;1-3-6-4(2)5/h1H2,(H,6,7);3H2,1-2H3. The average molecular weight is 185 g/mol. The Balaban J connectivity index is 0. The molecule has 0 saturated heterocycles. The highest BCUT2D eigenvalue weighted by Crippen LogP contribution is 1.81. The van der Waals surface area contributed by atoms with Crippen molar-refractivity contribution in [3.05, 3.63) is 12.2 Å². The van der Waals surface area contributed by atoms with Gasteiger partial charge in [-0.1, -0.05) is 6.58 Å². The Bertz CT molecular complexity index is 239. The molecule has 5 nitrogen and oxygen atoms in total. The summed E-state index contributed by atoms with van der Waals surface area (Å²) in [4.78, 5) is 19.4. The minimum Gasteiger partial charge on any atom is -0.477 e. The number of carbonyl (C=O) groups excluding carboxylic acids is 1. The molecule has 72 valence electrons. The molecule has 0 bridgehead atoms. The average Bonchev–Trinajstić information content (AvgIpc) is 2.03. The zero-order valence-electron chi connectivity index (χ0n) is 7.53. The van der Waals surface area contributed by atoms with Gasteiger partial charge >= 0.3 is 11.9 Å². The van der Waals surface area contributed by atoms with E-state index in [2.05, 4.69) is 11.3 Å². The zero-order valence-corrected chi connectivity index (χ0v) is 7.53. The van der Waals surface area contributed by atoms with Gasteiger partial charge in [-0.25, -0.2) is 4.79 Å². The second-order valence-corrected chi connectivity index (χ2v) is 1.82. The van der Waals surface area contributed by atoms with Crippen LogP contribution in [0.4, 0.5) is 0 Å². The van der Waals surface area contributed by atoms with E-state index in [1.54, 1.807) is 6.92 Å². The maximum Gasteiger partial charge on any atom is 0.345 e. The minimum absolute atomic E-state index is 0.211. The second-order valence-electron chi connectivity index (χ2n) is 1.82. The van der Waals surface area contributed by atoms with Crippen LogP contribution in [-0.2, 0) is 14.3 Å². The number of aliphatic carboxylic acids is 1. The number of hydrogen-bond donors (Lipinski definition) is 1. The first kappa shape index (κ1) is 13.7. The van der Waals surface area contributed by atoms with Gasteiger partial charge in [-0.15, -0.1) is 0 Å². The first-order chi connectivity index (χ1) is 5.95. The molecule has 0 aliphatic heterocycles. The molecule has 0 aliphatic carbocycles. The van der Waals surface area contributed by atoms with E-state index in [-0.39, 0.29) is 5.97 Å². The number of rotatable bonds is 2. The Kier molecular flexibility index (Phi) is 8.74. The van der Waals surface area contributed by atoms with Gasteiger partial charge in [-0.2, -0.15) is 5.26 Å². The van der Waals surface area contributed by atoms with E-state index in [9.17, 15) is 9.59 Å². The monoisotopic (exact) mass is 185 g/mol. The molecular formula is C8H11NO4. The first-order valence-corrected chi connectivity index (χ1v) is 3.41. The third-order valence-electron chi connectivity index (χ3n) is 0.741. The van der Waals surface area contributed by atoms with E-state index in [0.717, 1.165) is 0 Å². The lowest BCUT2D eigenvalue weighted by Crippen LogP contribution is -1.95. The molecule has 0 aromatic rings. The predicted octanol–water partition coefficient (Wildman–Crippen LogP) is 0.720. The maximum absolute atomic E-state index is 9.82. The smallest absolute Gasteiger partial charge is 0.345 e. The summed E-state index contributed by atoms with van der Waals surface area (Å²) in [6.45, 7) is 6.57. The summed E-state index contributed by atoms with van der Waals surface area (Å²) >= 11 is 0. The van der Waals surface area contributed by atoms with Gasteiger partial charge in [0.05, 0.1) is 6.61 Å². The van der Waals surface area contributed by atoms with Crippen molar-refractivity contribution in [1.29, 1.82) is 5.26 Å². The van der Waals surface area contributed by atoms with Gasteiger partial charge in [-0.3, -0.25) is 4.79 Å². The molecule has 0 unspecified atom stereocenters. The molecule has 0 heterocycles. The van der Waals surface area contributed by atoms with Gasteiger partial charge in [0.25, 0.3) is 0 Å². The third kappa shape index (κ3) is 13.2. The molecule has 0 atom stereocenters. The Hall–Kier alpha value is -1.83. The van der Waals surface area contributed by atoms with Crippen LogP contribution >= 0.6 is 0 Å². The molecule has 0 saturated carbocycles. The van der Waals surface area contributed by atoms with Crippen molar-refractivity contribution in [2.45, 2.75) is 13.8 Å². The predicted molar refractivity (Wildman–Crippen MR) is 44.7 cm³/mol. The summed E-state index contributed by atoms with van der Waals surface area (Å²) in [5.41, 5.74) is -0.431. The van der Waals surface area contributed by atoms with E-state index < -0.39 is 11.5 Å². The first-order valence-electron chi connectivity index (χ1n) is 3.41. The SMILES string of the molecule is C=C(C#N)C(=O)O.CCOC(C)=O. The Labute approximate surface area is 76.2 Å². The van der Waals surface area contributed by atoms with Crippen molar-refractivity contribution < 1.29 is 19.4 Å². The van der Waals surface area contributed by atoms with Gasteiger partial charge in [0.2, 0.25) is 0 Å². The Morgan fingerprint density at radius 2 is 2.08 bits per heavy atom. The van der Waals surface area contributed by atoms with E-state index in [4.69, 9.17) is 10.4 Å². The highest BCUT2D eigenvalue weighted by molar-refractivity contribution is 5.90. The van der Waals surface area contributed by atoms with Crippen LogP contribution in [0.1, 0.15) is 13.8 Å². The maximum atomic E-state index is 9.82. The summed E-state index contributed by atoms with van der Waals surface area (Å²) < 4.78 is 4.40. The lowest BCUT2D eigenvalue weighted by atomic mass is 10.4. The summed E-state index contributed by atoms with van der Waals surface area (Å²) in [6, 6.07) is 1.37. The van der Waals surface area contributed by atoms with Crippen molar-refractivity contribution in [2.24, 2.45) is 0 Å². The molecule has 0 aromatic heterocycles. The number of carboxylic acid groups (broad SMARTS) is 1. The largest absolute Gasteiger partial charge is 0.477 e. The lowest BCUT2D eigenvalue weighted by molar-refractivity contribution is -0.140. The minimum atomic E-state index is -1.26. The highest BCUT2D eigenvalue weighted by Gasteiger charge is 1.97. The normalized spacial score (nSPS) is 7.15. The number of hydrogen-bond acceptors (Lipinski definition) is 4. The van der Waals surface area contributed by atoms with E-state index in [0.29, 0.717) is 6.61 Å². The summed E-state index contributed by atoms with van der Waals surface area (Å²) in [5, 5.41) is 15.6. The van der Waals surface area contributed by atoms with E-state index in [1.807, 2.05) is 0 Å². The Morgan fingerprint density at radius 1 is 1.62 bits per heavy atom. The molecule has 0 spiro atoms. The third-order valence-corrected chi connectivity index (χ3v) is 0.741. The van der Waals surface area contributed by atoms with Crippen molar-refractivity contribution in [2.75, 3.05) is 6.61 Å². The number of carbonyl (C=O) groups is 2. The number of esters is 1. The van der Waals surface area contributed by atoms with Crippen LogP contribution < -0.4 is 0 Å². The fourth-order valence-corrected chi connectivity index (χ4v) is 0.251.